The van der Waals surface area contributed by atoms with Gasteiger partial charge in [-0.05, 0) is 35.2 Å². The average molecular weight is 322 g/mol. The van der Waals surface area contributed by atoms with Gasteiger partial charge in [0.2, 0.25) is 5.78 Å². The van der Waals surface area contributed by atoms with Crippen molar-refractivity contribution in [1.82, 2.24) is 0 Å². The average Bonchev–Trinajstić information content (AvgIpc) is 3.06. The van der Waals surface area contributed by atoms with Crippen molar-refractivity contribution in [1.29, 1.82) is 0 Å². The number of halogens is 1. The Hall–Kier alpha value is -1.98. The third-order valence-corrected chi connectivity index (χ3v) is 4.31. The van der Waals surface area contributed by atoms with Gasteiger partial charge in [-0.1, -0.05) is 17.7 Å². The third kappa shape index (κ3) is 2.50. The van der Waals surface area contributed by atoms with Gasteiger partial charge in [-0.2, -0.15) is 0 Å². The normalized spacial score (nSPS) is 18.0. The number of carbonyl (C=O) groups excluding carboxylic acids is 1. The molecule has 0 radical (unpaired) electrons. The molecular formula is C15H12ClNO3S. The van der Waals surface area contributed by atoms with Crippen molar-refractivity contribution in [2.45, 2.75) is 6.10 Å². The highest BCUT2D eigenvalue weighted by Crippen LogP contribution is 2.39. The lowest BCUT2D eigenvalue weighted by Crippen LogP contribution is -2.08. The first-order chi connectivity index (χ1) is 10.1. The molecule has 1 aromatic carbocycles. The monoisotopic (exact) mass is 321 g/mol. The highest BCUT2D eigenvalue weighted by atomic mass is 35.5. The van der Waals surface area contributed by atoms with Crippen LogP contribution in [0.1, 0.15) is 16.5 Å². The quantitative estimate of drug-likeness (QED) is 0.941. The Morgan fingerprint density at radius 3 is 2.86 bits per heavy atom. The minimum atomic E-state index is -0.676. The molecule has 0 fully saturated rings. The Bertz CT molecular complexity index is 725. The SMILES string of the molecule is COc1cc(Cl)cc(C2=C(N)OC(c3cccs3)C2=O)c1. The first kappa shape index (κ1) is 14.0. The summed E-state index contributed by atoms with van der Waals surface area (Å²) < 4.78 is 10.7. The van der Waals surface area contributed by atoms with E-state index in [1.807, 2.05) is 17.5 Å². The number of hydrogen-bond acceptors (Lipinski definition) is 5. The van der Waals surface area contributed by atoms with E-state index in [2.05, 4.69) is 0 Å². The van der Waals surface area contributed by atoms with Crippen molar-refractivity contribution in [3.05, 3.63) is 57.1 Å². The fourth-order valence-electron chi connectivity index (χ4n) is 2.23. The second-order valence-electron chi connectivity index (χ2n) is 4.50. The summed E-state index contributed by atoms with van der Waals surface area (Å²) in [6, 6.07) is 8.77. The van der Waals surface area contributed by atoms with Crippen LogP contribution in [0.3, 0.4) is 0 Å². The van der Waals surface area contributed by atoms with Gasteiger partial charge in [0.15, 0.2) is 12.0 Å². The number of methoxy groups -OCH3 is 1. The van der Waals surface area contributed by atoms with Crippen molar-refractivity contribution in [2.24, 2.45) is 5.73 Å². The zero-order valence-electron chi connectivity index (χ0n) is 11.1. The molecule has 1 aliphatic heterocycles. The van der Waals surface area contributed by atoms with Crippen molar-refractivity contribution >= 4 is 34.3 Å². The molecule has 0 spiro atoms. The molecule has 1 atom stereocenters. The predicted octanol–water partition coefficient (Wildman–Crippen LogP) is 3.38. The molecule has 0 saturated heterocycles. The summed E-state index contributed by atoms with van der Waals surface area (Å²) in [5.41, 5.74) is 6.84. The summed E-state index contributed by atoms with van der Waals surface area (Å²) in [6.07, 6.45) is -0.676. The molecule has 2 aromatic rings. The largest absolute Gasteiger partial charge is 0.497 e. The van der Waals surface area contributed by atoms with Crippen molar-refractivity contribution in [3.8, 4) is 5.75 Å². The Balaban J connectivity index is 2.01. The van der Waals surface area contributed by atoms with E-state index in [-0.39, 0.29) is 11.7 Å². The van der Waals surface area contributed by atoms with E-state index in [1.165, 1.54) is 18.4 Å². The number of ether oxygens (including phenoxy) is 2. The van der Waals surface area contributed by atoms with E-state index in [9.17, 15) is 4.79 Å². The molecule has 6 heteroatoms. The van der Waals surface area contributed by atoms with E-state index >= 15 is 0 Å². The third-order valence-electron chi connectivity index (χ3n) is 3.17. The molecule has 1 aromatic heterocycles. The van der Waals surface area contributed by atoms with Gasteiger partial charge >= 0.3 is 0 Å². The van der Waals surface area contributed by atoms with E-state index in [1.54, 1.807) is 18.2 Å². The first-order valence-corrected chi connectivity index (χ1v) is 7.45. The summed E-state index contributed by atoms with van der Waals surface area (Å²) in [5.74, 6) is 0.507. The van der Waals surface area contributed by atoms with Crippen LogP contribution in [-0.4, -0.2) is 12.9 Å². The lowest BCUT2D eigenvalue weighted by atomic mass is 10.00. The maximum atomic E-state index is 12.6. The lowest BCUT2D eigenvalue weighted by molar-refractivity contribution is -0.120. The Morgan fingerprint density at radius 2 is 2.19 bits per heavy atom. The van der Waals surface area contributed by atoms with Crippen LogP contribution in [0.15, 0.2) is 41.6 Å². The standard InChI is InChI=1S/C15H12ClNO3S/c1-19-10-6-8(5-9(16)7-10)12-13(18)14(20-15(12)17)11-3-2-4-21-11/h2-7,14H,17H2,1H3. The van der Waals surface area contributed by atoms with Crippen LogP contribution < -0.4 is 10.5 Å². The van der Waals surface area contributed by atoms with Crippen LogP contribution in [0.5, 0.6) is 5.75 Å². The molecular weight excluding hydrogens is 310 g/mol. The van der Waals surface area contributed by atoms with Crippen molar-refractivity contribution in [2.75, 3.05) is 7.11 Å². The van der Waals surface area contributed by atoms with E-state index < -0.39 is 6.10 Å². The molecule has 1 aliphatic rings. The molecule has 0 saturated carbocycles. The number of thiophene rings is 1. The number of carbonyl (C=O) groups is 1. The lowest BCUT2D eigenvalue weighted by Gasteiger charge is -2.07. The number of hydrogen-bond donors (Lipinski definition) is 1. The van der Waals surface area contributed by atoms with Gasteiger partial charge in [0.05, 0.1) is 17.6 Å². The number of benzene rings is 1. The minimum absolute atomic E-state index is 0.114. The molecule has 2 N–H and O–H groups in total. The van der Waals surface area contributed by atoms with E-state index in [4.69, 9.17) is 26.8 Å². The fraction of sp³-hybridized carbons (Fsp3) is 0.133. The van der Waals surface area contributed by atoms with Gasteiger partial charge < -0.3 is 15.2 Å². The minimum Gasteiger partial charge on any atom is -0.497 e. The Labute approximate surface area is 130 Å². The van der Waals surface area contributed by atoms with Gasteiger partial charge in [-0.3, -0.25) is 4.79 Å². The highest BCUT2D eigenvalue weighted by Gasteiger charge is 2.36. The smallest absolute Gasteiger partial charge is 0.214 e. The number of nitrogens with two attached hydrogens (primary N) is 1. The van der Waals surface area contributed by atoms with Crippen LogP contribution in [0, 0.1) is 0 Å². The highest BCUT2D eigenvalue weighted by molar-refractivity contribution is 7.10. The molecule has 108 valence electrons. The van der Waals surface area contributed by atoms with Crippen LogP contribution in [0.4, 0.5) is 0 Å². The van der Waals surface area contributed by atoms with Crippen molar-refractivity contribution in [3.63, 3.8) is 0 Å². The van der Waals surface area contributed by atoms with Crippen LogP contribution in [0.2, 0.25) is 5.02 Å². The van der Waals surface area contributed by atoms with Gasteiger partial charge in [-0.25, -0.2) is 0 Å². The Morgan fingerprint density at radius 1 is 1.38 bits per heavy atom. The molecule has 1 unspecified atom stereocenters. The molecule has 3 rings (SSSR count). The summed E-state index contributed by atoms with van der Waals surface area (Å²) in [4.78, 5) is 13.4. The van der Waals surface area contributed by atoms with E-state index in [0.717, 1.165) is 4.88 Å². The molecule has 21 heavy (non-hydrogen) atoms. The first-order valence-electron chi connectivity index (χ1n) is 6.19. The molecule has 2 heterocycles. The number of Topliss-reactive ketones (excluding diaryl/α,β-unsaturated/α-hetero) is 1. The summed E-state index contributed by atoms with van der Waals surface area (Å²) in [6.45, 7) is 0. The zero-order chi connectivity index (χ0) is 15.0. The molecule has 0 aliphatic carbocycles. The zero-order valence-corrected chi connectivity index (χ0v) is 12.7. The van der Waals surface area contributed by atoms with Gasteiger partial charge in [-0.15, -0.1) is 11.3 Å². The molecule has 4 nitrogen and oxygen atoms in total. The van der Waals surface area contributed by atoms with Gasteiger partial charge in [0.25, 0.3) is 0 Å². The summed E-state index contributed by atoms with van der Waals surface area (Å²) in [5, 5.41) is 2.36. The maximum absolute atomic E-state index is 12.6. The summed E-state index contributed by atoms with van der Waals surface area (Å²) >= 11 is 7.50. The van der Waals surface area contributed by atoms with Gasteiger partial charge in [0.1, 0.15) is 5.75 Å². The fourth-order valence-corrected chi connectivity index (χ4v) is 3.20. The number of rotatable bonds is 3. The molecule has 0 amide bonds. The second kappa shape index (κ2) is 5.42. The Kier molecular flexibility index (Phi) is 3.61. The maximum Gasteiger partial charge on any atom is 0.214 e. The van der Waals surface area contributed by atoms with E-state index in [0.29, 0.717) is 21.9 Å². The summed E-state index contributed by atoms with van der Waals surface area (Å²) in [7, 11) is 1.54. The molecule has 0 bridgehead atoms. The van der Waals surface area contributed by atoms with Gasteiger partial charge in [0, 0.05) is 5.02 Å². The predicted molar refractivity (Wildman–Crippen MR) is 82.3 cm³/mol. The van der Waals surface area contributed by atoms with Crippen LogP contribution in [0.25, 0.3) is 5.57 Å². The van der Waals surface area contributed by atoms with Crippen LogP contribution in [-0.2, 0) is 9.53 Å². The van der Waals surface area contributed by atoms with Crippen LogP contribution >= 0.6 is 22.9 Å². The topological polar surface area (TPSA) is 61.6 Å². The van der Waals surface area contributed by atoms with Crippen molar-refractivity contribution < 1.29 is 14.3 Å². The number of ketones is 1. The second-order valence-corrected chi connectivity index (χ2v) is 5.91.